The summed E-state index contributed by atoms with van der Waals surface area (Å²) in [5.41, 5.74) is 0.328. The molecule has 1 fully saturated rings. The van der Waals surface area contributed by atoms with Crippen LogP contribution in [-0.2, 0) is 9.53 Å². The van der Waals surface area contributed by atoms with Gasteiger partial charge in [-0.3, -0.25) is 14.5 Å². The van der Waals surface area contributed by atoms with Crippen molar-refractivity contribution in [3.63, 3.8) is 0 Å². The maximum absolute atomic E-state index is 12.3. The van der Waals surface area contributed by atoms with Crippen LogP contribution in [0.25, 0.3) is 0 Å². The first-order valence-electron chi connectivity index (χ1n) is 8.56. The van der Waals surface area contributed by atoms with E-state index in [0.29, 0.717) is 43.4 Å². The molecule has 0 bridgehead atoms. The van der Waals surface area contributed by atoms with Gasteiger partial charge >= 0.3 is 0 Å². The zero-order valence-electron chi connectivity index (χ0n) is 14.4. The van der Waals surface area contributed by atoms with E-state index in [1.54, 1.807) is 18.2 Å². The molecule has 3 rings (SSSR count). The van der Waals surface area contributed by atoms with E-state index in [1.165, 1.54) is 0 Å². The second-order valence-electron chi connectivity index (χ2n) is 6.02. The van der Waals surface area contributed by atoms with E-state index in [4.69, 9.17) is 14.2 Å². The molecular formula is C17H23N3O6. The van der Waals surface area contributed by atoms with Crippen LogP contribution in [0.5, 0.6) is 11.5 Å². The molecule has 0 aromatic heterocycles. The molecule has 142 valence electrons. The van der Waals surface area contributed by atoms with E-state index in [1.807, 2.05) is 0 Å². The topological polar surface area (TPSA) is 109 Å². The van der Waals surface area contributed by atoms with Gasteiger partial charge in [0.1, 0.15) is 6.04 Å². The Labute approximate surface area is 151 Å². The van der Waals surface area contributed by atoms with Gasteiger partial charge in [0.15, 0.2) is 11.5 Å². The second-order valence-corrected chi connectivity index (χ2v) is 6.02. The fourth-order valence-electron chi connectivity index (χ4n) is 2.76. The lowest BCUT2D eigenvalue weighted by atomic mass is 10.1. The Kier molecular flexibility index (Phi) is 6.26. The molecule has 9 heteroatoms. The molecule has 1 aromatic carbocycles. The van der Waals surface area contributed by atoms with E-state index >= 15 is 0 Å². The summed E-state index contributed by atoms with van der Waals surface area (Å²) in [6.45, 7) is 3.82. The number of ether oxygens (including phenoxy) is 3. The summed E-state index contributed by atoms with van der Waals surface area (Å²) in [7, 11) is 0. The number of rotatable bonds is 7. The van der Waals surface area contributed by atoms with Gasteiger partial charge in [-0.1, -0.05) is 0 Å². The average molecular weight is 365 g/mol. The molecule has 2 amide bonds. The standard InChI is InChI=1S/C17H23N3O6/c21-10-13(17(23)18-3-4-20-5-7-24-8-6-20)19-16(22)12-1-2-14-15(9-12)26-11-25-14/h1-2,9,13,21H,3-8,10-11H2,(H,18,23)(H,19,22)/t13-/m0/s1. The molecule has 1 atom stereocenters. The zero-order chi connectivity index (χ0) is 18.4. The largest absolute Gasteiger partial charge is 0.454 e. The van der Waals surface area contributed by atoms with Gasteiger partial charge in [-0.15, -0.1) is 0 Å². The van der Waals surface area contributed by atoms with Gasteiger partial charge in [0, 0.05) is 31.7 Å². The van der Waals surface area contributed by atoms with Crippen LogP contribution < -0.4 is 20.1 Å². The number of nitrogens with one attached hydrogen (secondary N) is 2. The van der Waals surface area contributed by atoms with Gasteiger partial charge in [-0.05, 0) is 18.2 Å². The third kappa shape index (κ3) is 4.63. The first kappa shape index (κ1) is 18.4. The van der Waals surface area contributed by atoms with E-state index in [0.717, 1.165) is 13.1 Å². The first-order valence-corrected chi connectivity index (χ1v) is 8.56. The van der Waals surface area contributed by atoms with Crippen molar-refractivity contribution in [1.82, 2.24) is 15.5 Å². The molecule has 1 saturated heterocycles. The summed E-state index contributed by atoms with van der Waals surface area (Å²) in [6, 6.07) is 3.74. The maximum atomic E-state index is 12.3. The van der Waals surface area contributed by atoms with Crippen LogP contribution in [0.15, 0.2) is 18.2 Å². The van der Waals surface area contributed by atoms with Crippen molar-refractivity contribution in [3.8, 4) is 11.5 Å². The highest BCUT2D eigenvalue weighted by molar-refractivity contribution is 5.98. The van der Waals surface area contributed by atoms with Crippen LogP contribution in [0.4, 0.5) is 0 Å². The SMILES string of the molecule is O=C(N[C@@H](CO)C(=O)NCCN1CCOCC1)c1ccc2c(c1)OCO2. The molecule has 0 spiro atoms. The quantitative estimate of drug-likeness (QED) is 0.566. The van der Waals surface area contributed by atoms with E-state index in [9.17, 15) is 14.7 Å². The number of fused-ring (bicyclic) bond motifs is 1. The Hall–Kier alpha value is -2.36. The Morgan fingerprint density at radius 1 is 1.19 bits per heavy atom. The fraction of sp³-hybridized carbons (Fsp3) is 0.529. The van der Waals surface area contributed by atoms with Crippen LogP contribution >= 0.6 is 0 Å². The molecule has 0 unspecified atom stereocenters. The van der Waals surface area contributed by atoms with Gasteiger partial charge in [-0.25, -0.2) is 0 Å². The first-order chi connectivity index (χ1) is 12.7. The highest BCUT2D eigenvalue weighted by Gasteiger charge is 2.22. The number of aliphatic hydroxyl groups is 1. The van der Waals surface area contributed by atoms with Crippen molar-refractivity contribution in [2.24, 2.45) is 0 Å². The minimum absolute atomic E-state index is 0.116. The molecule has 2 aliphatic heterocycles. The smallest absolute Gasteiger partial charge is 0.252 e. The predicted octanol–water partition coefficient (Wildman–Crippen LogP) is -1.05. The molecule has 1 aromatic rings. The van der Waals surface area contributed by atoms with Gasteiger partial charge < -0.3 is 30.0 Å². The van der Waals surface area contributed by atoms with Crippen molar-refractivity contribution >= 4 is 11.8 Å². The number of benzene rings is 1. The molecule has 0 radical (unpaired) electrons. The number of morpholine rings is 1. The lowest BCUT2D eigenvalue weighted by Crippen LogP contribution is -2.50. The number of nitrogens with zero attached hydrogens (tertiary/aromatic N) is 1. The molecule has 3 N–H and O–H groups in total. The van der Waals surface area contributed by atoms with Crippen LogP contribution in [0.2, 0.25) is 0 Å². The minimum Gasteiger partial charge on any atom is -0.454 e. The van der Waals surface area contributed by atoms with Crippen molar-refractivity contribution in [2.75, 3.05) is 52.8 Å². The van der Waals surface area contributed by atoms with E-state index in [-0.39, 0.29) is 6.79 Å². The molecular weight excluding hydrogens is 342 g/mol. The van der Waals surface area contributed by atoms with Crippen LogP contribution in [-0.4, -0.2) is 80.7 Å². The van der Waals surface area contributed by atoms with Crippen LogP contribution in [0, 0.1) is 0 Å². The van der Waals surface area contributed by atoms with Crippen molar-refractivity contribution < 1.29 is 28.9 Å². The molecule has 0 saturated carbocycles. The van der Waals surface area contributed by atoms with Crippen molar-refractivity contribution in [3.05, 3.63) is 23.8 Å². The lowest BCUT2D eigenvalue weighted by molar-refractivity contribution is -0.123. The highest BCUT2D eigenvalue weighted by atomic mass is 16.7. The van der Waals surface area contributed by atoms with Gasteiger partial charge in [0.25, 0.3) is 5.91 Å². The number of hydrogen-bond donors (Lipinski definition) is 3. The fourth-order valence-corrected chi connectivity index (χ4v) is 2.76. The Morgan fingerprint density at radius 3 is 2.73 bits per heavy atom. The van der Waals surface area contributed by atoms with Gasteiger partial charge in [-0.2, -0.15) is 0 Å². The number of hydrogen-bond acceptors (Lipinski definition) is 7. The zero-order valence-corrected chi connectivity index (χ0v) is 14.4. The number of carbonyl (C=O) groups excluding carboxylic acids is 2. The second kappa shape index (κ2) is 8.84. The van der Waals surface area contributed by atoms with E-state index < -0.39 is 24.5 Å². The molecule has 2 aliphatic rings. The average Bonchev–Trinajstić information content (AvgIpc) is 3.14. The highest BCUT2D eigenvalue weighted by Crippen LogP contribution is 2.32. The lowest BCUT2D eigenvalue weighted by Gasteiger charge is -2.26. The minimum atomic E-state index is -1.02. The number of aliphatic hydroxyl groups excluding tert-OH is 1. The molecule has 0 aliphatic carbocycles. The van der Waals surface area contributed by atoms with Crippen molar-refractivity contribution in [1.29, 1.82) is 0 Å². The third-order valence-corrected chi connectivity index (χ3v) is 4.27. The Morgan fingerprint density at radius 2 is 1.96 bits per heavy atom. The van der Waals surface area contributed by atoms with Crippen LogP contribution in [0.1, 0.15) is 10.4 Å². The monoisotopic (exact) mass is 365 g/mol. The third-order valence-electron chi connectivity index (χ3n) is 4.27. The summed E-state index contributed by atoms with van der Waals surface area (Å²) in [5, 5.41) is 14.7. The summed E-state index contributed by atoms with van der Waals surface area (Å²) in [6.07, 6.45) is 0. The maximum Gasteiger partial charge on any atom is 0.252 e. The van der Waals surface area contributed by atoms with E-state index in [2.05, 4.69) is 15.5 Å². The Balaban J connectivity index is 1.48. The van der Waals surface area contributed by atoms with Gasteiger partial charge in [0.05, 0.1) is 19.8 Å². The molecule has 9 nitrogen and oxygen atoms in total. The summed E-state index contributed by atoms with van der Waals surface area (Å²) < 4.78 is 15.7. The molecule has 26 heavy (non-hydrogen) atoms. The number of carbonyl (C=O) groups is 2. The normalized spacial score (nSPS) is 17.6. The summed E-state index contributed by atoms with van der Waals surface area (Å²) in [4.78, 5) is 26.7. The Bertz CT molecular complexity index is 647. The number of amides is 2. The van der Waals surface area contributed by atoms with Crippen molar-refractivity contribution in [2.45, 2.75) is 6.04 Å². The predicted molar refractivity (Wildman–Crippen MR) is 91.2 cm³/mol. The van der Waals surface area contributed by atoms with Gasteiger partial charge in [0.2, 0.25) is 12.7 Å². The molecule has 2 heterocycles. The van der Waals surface area contributed by atoms with Crippen LogP contribution in [0.3, 0.4) is 0 Å². The summed E-state index contributed by atoms with van der Waals surface area (Å²) in [5.74, 6) is 0.162. The summed E-state index contributed by atoms with van der Waals surface area (Å²) >= 11 is 0.